The van der Waals surface area contributed by atoms with Gasteiger partial charge in [-0.1, -0.05) is 55.5 Å². The Hall–Kier alpha value is -16.9. The van der Waals surface area contributed by atoms with Crippen LogP contribution in [0.4, 0.5) is 11.4 Å². The lowest BCUT2D eigenvalue weighted by molar-refractivity contribution is -0.289. The van der Waals surface area contributed by atoms with E-state index in [1.807, 2.05) is 6.07 Å². The number of ether oxygens (including phenoxy) is 4. The highest BCUT2D eigenvalue weighted by molar-refractivity contribution is 6.57. The number of phenols is 1. The van der Waals surface area contributed by atoms with Crippen molar-refractivity contribution in [1.29, 1.82) is 0 Å². The van der Waals surface area contributed by atoms with Crippen molar-refractivity contribution in [2.24, 2.45) is 0 Å². The predicted octanol–water partition coefficient (Wildman–Crippen LogP) is 11.3. The number of hydrogen-bond donors (Lipinski definition) is 5. The third-order valence-corrected chi connectivity index (χ3v) is 17.7. The molecule has 2 unspecified atom stereocenters. The van der Waals surface area contributed by atoms with Crippen LogP contribution >= 0.6 is 0 Å². The Morgan fingerprint density at radius 3 is 1.14 bits per heavy atom. The van der Waals surface area contributed by atoms with E-state index in [0.717, 1.165) is 32.4 Å². The minimum absolute atomic E-state index is 0.0287. The maximum absolute atomic E-state index is 13.8. The number of benzene rings is 3. The molecule has 0 bridgehead atoms. The number of aromatic carboxylic acids is 3. The van der Waals surface area contributed by atoms with Gasteiger partial charge in [-0.15, -0.1) is 0 Å². The number of imide groups is 3. The van der Waals surface area contributed by atoms with E-state index in [9.17, 15) is 87.4 Å². The first-order valence-electron chi connectivity index (χ1n) is 35.0. The van der Waals surface area contributed by atoms with E-state index in [1.165, 1.54) is 110 Å². The Bertz CT molecular complexity index is 6080. The second-order valence-electron chi connectivity index (χ2n) is 24.9. The Balaban J connectivity index is 0.000000148. The smallest absolute Gasteiger partial charge is 0.371 e. The summed E-state index contributed by atoms with van der Waals surface area (Å²) < 4.78 is 61.8. The molecular weight excluding hydrogens is 1580 g/mol. The van der Waals surface area contributed by atoms with Crippen LogP contribution in [0.3, 0.4) is 0 Å². The zero-order valence-corrected chi connectivity index (χ0v) is 61.7. The van der Waals surface area contributed by atoms with Crippen LogP contribution in [0.2, 0.25) is 0 Å². The fraction of sp³-hybridized carbons (Fsp3) is 0.0833. The van der Waals surface area contributed by atoms with Crippen molar-refractivity contribution < 1.29 is 157 Å². The first-order chi connectivity index (χ1) is 57.9. The molecule has 36 nitrogen and oxygen atoms in total. The number of nitrogens with zero attached hydrogens (tertiary/aromatic N) is 3. The third kappa shape index (κ3) is 17.3. The van der Waals surface area contributed by atoms with E-state index < -0.39 is 88.6 Å². The highest BCUT2D eigenvalue weighted by Gasteiger charge is 2.49. The van der Waals surface area contributed by atoms with Crippen LogP contribution in [-0.2, 0) is 73.6 Å². The summed E-state index contributed by atoms with van der Waals surface area (Å²) in [7, 11) is 1.51. The molecule has 120 heavy (non-hydrogen) atoms. The van der Waals surface area contributed by atoms with Gasteiger partial charge in [0.1, 0.15) is 75.7 Å². The van der Waals surface area contributed by atoms with Crippen molar-refractivity contribution in [1.82, 2.24) is 4.90 Å². The number of methoxy groups -OCH3 is 1. The van der Waals surface area contributed by atoms with Gasteiger partial charge in [0, 0.05) is 24.3 Å². The third-order valence-electron chi connectivity index (χ3n) is 17.7. The van der Waals surface area contributed by atoms with Crippen molar-refractivity contribution in [2.45, 2.75) is 38.3 Å². The molecule has 11 aromatic rings. The number of aldehydes is 1. The molecule has 606 valence electrons. The van der Waals surface area contributed by atoms with Gasteiger partial charge in [-0.2, -0.15) is 0 Å². The highest BCUT2D eigenvalue weighted by Crippen LogP contribution is 2.45. The molecule has 36 heteroatoms. The number of para-hydroxylation sites is 1. The molecule has 0 saturated heterocycles. The van der Waals surface area contributed by atoms with Crippen LogP contribution in [-0.4, -0.2) is 140 Å². The Morgan fingerprint density at radius 2 is 0.767 bits per heavy atom. The van der Waals surface area contributed by atoms with Gasteiger partial charge in [-0.3, -0.25) is 67.7 Å². The zero-order valence-electron chi connectivity index (χ0n) is 61.7. The standard InChI is InChI=1S/C25H21NO10.C24H17NO6.C20H11NO9.C15H8O8/c1-2-16(36-32)15(12-14-6-4-3-5-7-14)26-23(28)21(17-8-9-19(34-17)25(30)31)22(24(26)29)18-10-11-20(35-18)33-13-27;1-29-15-13-18-10-12-20(31-18)22-21(19-11-9-17(30-19)8-5-14-26)23(27)25(24(22)28)16-6-3-2-4-7-16;22-9-28-15-8-7-13(30-15)17-16(12-5-6-14(29-12)20(26)27)18(24)21(19(17)25)10-1-3-11(23)4-2-10;16-6-21-12-4-3-10(23-12)14-8(18)5-7(17)13(14)9-1-2-11(22-9)15(19)20/h3-11,13,15-16,32H,2,12H2,1H3,(H,30,31);2-15H,1H3;1-9,23H,(H,26,27);1-4,6H,5H2,(H,19,20)/b;8-5+,15-13+;;. The van der Waals surface area contributed by atoms with Gasteiger partial charge in [0.25, 0.3) is 53.3 Å². The molecule has 8 aromatic heterocycles. The lowest BCUT2D eigenvalue weighted by Crippen LogP contribution is -2.49. The summed E-state index contributed by atoms with van der Waals surface area (Å²) in [5.41, 5.74) is 0.536. The molecule has 1 aliphatic carbocycles. The van der Waals surface area contributed by atoms with Crippen LogP contribution in [0.15, 0.2) is 230 Å². The number of amides is 6. The number of phenolic OH excluding ortho intramolecular Hbond substituents is 1. The van der Waals surface area contributed by atoms with E-state index in [0.29, 0.717) is 23.5 Å². The number of carbonyl (C=O) groups is 15. The summed E-state index contributed by atoms with van der Waals surface area (Å²) in [5.74, 6) is -10.4. The number of hydrogen-bond acceptors (Lipinski definition) is 30. The summed E-state index contributed by atoms with van der Waals surface area (Å²) in [6, 6.07) is 43.6. The summed E-state index contributed by atoms with van der Waals surface area (Å²) >= 11 is 0. The molecule has 15 rings (SSSR count). The van der Waals surface area contributed by atoms with Crippen molar-refractivity contribution in [3.63, 3.8) is 0 Å². The van der Waals surface area contributed by atoms with Gasteiger partial charge in [0.05, 0.1) is 81.8 Å². The normalized spacial score (nSPS) is 14.5. The first kappa shape index (κ1) is 82.6. The minimum atomic E-state index is -1.36. The van der Waals surface area contributed by atoms with Gasteiger partial charge >= 0.3 is 37.3 Å². The van der Waals surface area contributed by atoms with Crippen molar-refractivity contribution in [3.8, 4) is 23.6 Å². The van der Waals surface area contributed by atoms with Gasteiger partial charge < -0.3 is 74.7 Å². The average molecular weight is 1640 g/mol. The van der Waals surface area contributed by atoms with Crippen molar-refractivity contribution >= 4 is 159 Å². The topological polar surface area (TPSA) is 518 Å². The molecule has 3 aliphatic heterocycles. The van der Waals surface area contributed by atoms with E-state index >= 15 is 0 Å². The van der Waals surface area contributed by atoms with Crippen molar-refractivity contribution in [3.05, 3.63) is 275 Å². The molecule has 0 radical (unpaired) electrons. The molecule has 0 saturated carbocycles. The predicted molar refractivity (Wildman–Crippen MR) is 407 cm³/mol. The van der Waals surface area contributed by atoms with E-state index in [1.54, 1.807) is 91.9 Å². The number of carboxylic acids is 3. The lowest BCUT2D eigenvalue weighted by atomic mass is 9.98. The van der Waals surface area contributed by atoms with Crippen LogP contribution in [0.25, 0.3) is 56.7 Å². The summed E-state index contributed by atoms with van der Waals surface area (Å²) in [4.78, 5) is 188. The number of anilines is 2. The number of ketones is 2. The van der Waals surface area contributed by atoms with Gasteiger partial charge in [-0.05, 0) is 146 Å². The Morgan fingerprint density at radius 1 is 0.417 bits per heavy atom. The molecule has 2 atom stereocenters. The largest absolute Gasteiger partial charge is 0.508 e. The second kappa shape index (κ2) is 36.5. The molecule has 11 heterocycles. The van der Waals surface area contributed by atoms with Crippen LogP contribution in [0.5, 0.6) is 23.6 Å². The molecule has 3 aromatic carbocycles. The number of rotatable bonds is 29. The van der Waals surface area contributed by atoms with Crippen molar-refractivity contribution in [2.75, 3.05) is 16.9 Å². The molecule has 0 fully saturated rings. The summed E-state index contributed by atoms with van der Waals surface area (Å²) in [5, 5.41) is 46.3. The molecule has 6 amide bonds. The molecule has 4 aliphatic rings. The first-order valence-corrected chi connectivity index (χ1v) is 35.0. The number of carboxylic acid groups (broad SMARTS) is 3. The number of furan rings is 8. The van der Waals surface area contributed by atoms with Crippen LogP contribution in [0.1, 0.15) is 115 Å². The van der Waals surface area contributed by atoms with Gasteiger partial charge in [0.15, 0.2) is 11.6 Å². The van der Waals surface area contributed by atoms with Crippen LogP contribution < -0.4 is 24.0 Å². The number of Topliss-reactive ketones (excluding diaryl/α,β-unsaturated/α-hetero) is 2. The quantitative estimate of drug-likeness (QED) is 0.00553. The lowest BCUT2D eigenvalue weighted by Gasteiger charge is -2.31. The van der Waals surface area contributed by atoms with E-state index in [4.69, 9.17) is 50.3 Å². The van der Waals surface area contributed by atoms with Gasteiger partial charge in [-0.25, -0.2) is 29.1 Å². The van der Waals surface area contributed by atoms with Gasteiger partial charge in [0.2, 0.25) is 17.3 Å². The Labute approximate surface area is 671 Å². The summed E-state index contributed by atoms with van der Waals surface area (Å²) in [6.45, 7) is 2.15. The Kier molecular flexibility index (Phi) is 25.1. The fourth-order valence-electron chi connectivity index (χ4n) is 12.6. The fourth-order valence-corrected chi connectivity index (χ4v) is 12.6. The minimum Gasteiger partial charge on any atom is -0.508 e. The van der Waals surface area contributed by atoms with E-state index in [2.05, 4.69) is 19.1 Å². The zero-order chi connectivity index (χ0) is 85.6. The number of carbonyl (C=O) groups excluding carboxylic acids is 12. The SMILES string of the molecule is CCC(OO)C(Cc1ccccc1)N1C(=O)C(c2ccc(OC=O)o2)=C(c2ccc(C(=O)O)o2)C1=O.CO/C=C/c1ccc(C2=C(c3ccc(/C=C/C=O)o3)C(=O)N(c3ccccc3)C2=O)o1.O=COc1ccc(C2=C(c3ccc(C(=O)O)o3)C(=O)CC2=O)o1.O=COc1ccc(C2=C(c3ccc(C(=O)O)o3)C(=O)N(c3ccc(O)cc3)C2=O)o1. The maximum Gasteiger partial charge on any atom is 0.371 e. The van der Waals surface area contributed by atoms with E-state index in [-0.39, 0.29) is 164 Å². The monoisotopic (exact) mass is 1640 g/mol. The number of aromatic hydroxyl groups is 1. The second-order valence-corrected chi connectivity index (χ2v) is 24.9. The summed E-state index contributed by atoms with van der Waals surface area (Å²) in [6.07, 6.45) is 5.50. The molecule has 0 spiro atoms. The average Bonchev–Trinajstić information content (AvgIpc) is 1.60. The number of allylic oxidation sites excluding steroid dienone is 3. The maximum atomic E-state index is 13.8. The highest BCUT2D eigenvalue weighted by atomic mass is 17.1. The van der Waals surface area contributed by atoms with Crippen LogP contribution in [0, 0.1) is 0 Å². The molecular formula is C84H57N3O33. The molecule has 5 N–H and O–H groups in total.